The third-order valence-electron chi connectivity index (χ3n) is 3.92. The molecule has 7 heteroatoms. The highest BCUT2D eigenvalue weighted by atomic mass is 19.1. The molecule has 0 saturated heterocycles. The van der Waals surface area contributed by atoms with Gasteiger partial charge in [0.25, 0.3) is 0 Å². The zero-order chi connectivity index (χ0) is 19.8. The first-order chi connectivity index (χ1) is 12.9. The van der Waals surface area contributed by atoms with E-state index in [4.69, 9.17) is 0 Å². The summed E-state index contributed by atoms with van der Waals surface area (Å²) in [4.78, 5) is 27.7. The predicted molar refractivity (Wildman–Crippen MR) is 100 cm³/mol. The number of nitrogens with zero attached hydrogens (tertiary/aromatic N) is 2. The van der Waals surface area contributed by atoms with Crippen molar-refractivity contribution in [2.75, 3.05) is 32.0 Å². The first kappa shape index (κ1) is 20.5. The Hall–Kier alpha value is -2.80. The maximum Gasteiger partial charge on any atom is 0.238 e. The van der Waals surface area contributed by atoms with Gasteiger partial charge in [-0.05, 0) is 49.9 Å². The lowest BCUT2D eigenvalue weighted by atomic mass is 10.2. The summed E-state index contributed by atoms with van der Waals surface area (Å²) in [6.45, 7) is 2.64. The Kier molecular flexibility index (Phi) is 7.43. The molecule has 0 unspecified atom stereocenters. The molecule has 0 fully saturated rings. The molecule has 0 aliphatic heterocycles. The first-order valence-electron chi connectivity index (χ1n) is 8.63. The van der Waals surface area contributed by atoms with Gasteiger partial charge in [-0.25, -0.2) is 8.78 Å². The van der Waals surface area contributed by atoms with Crippen LogP contribution in [0.25, 0.3) is 0 Å². The number of hydrogen-bond donors (Lipinski definition) is 1. The molecule has 2 aromatic carbocycles. The van der Waals surface area contributed by atoms with E-state index in [1.54, 1.807) is 35.0 Å². The molecule has 5 nitrogen and oxygen atoms in total. The molecule has 0 bridgehead atoms. The Labute approximate surface area is 157 Å². The standard InChI is InChI=1S/C20H23F2N3O2/c1-3-25(12-15-6-4-7-16(21)10-15)20(27)14-24(2)13-19(26)23-18-9-5-8-17(22)11-18/h4-11H,3,12-14H2,1-2H3,(H,23,26). The number of carbonyl (C=O) groups is 2. The van der Waals surface area contributed by atoms with E-state index in [0.29, 0.717) is 24.3 Å². The fraction of sp³-hybridized carbons (Fsp3) is 0.300. The minimum absolute atomic E-state index is 0.0141. The van der Waals surface area contributed by atoms with Crippen LogP contribution < -0.4 is 5.32 Å². The van der Waals surface area contributed by atoms with Gasteiger partial charge >= 0.3 is 0 Å². The molecule has 0 aliphatic rings. The van der Waals surface area contributed by atoms with Crippen LogP contribution in [0.1, 0.15) is 12.5 Å². The number of rotatable bonds is 8. The average molecular weight is 375 g/mol. The van der Waals surface area contributed by atoms with Gasteiger partial charge in [0.1, 0.15) is 11.6 Å². The van der Waals surface area contributed by atoms with Crippen molar-refractivity contribution >= 4 is 17.5 Å². The molecule has 0 aliphatic carbocycles. The molecular formula is C20H23F2N3O2. The predicted octanol–water partition coefficient (Wildman–Crippen LogP) is 2.88. The van der Waals surface area contributed by atoms with Gasteiger partial charge in [0.15, 0.2) is 0 Å². The van der Waals surface area contributed by atoms with Crippen LogP contribution >= 0.6 is 0 Å². The fourth-order valence-corrected chi connectivity index (χ4v) is 2.63. The Balaban J connectivity index is 1.86. The molecule has 2 aromatic rings. The second-order valence-electron chi connectivity index (χ2n) is 6.27. The molecule has 0 spiro atoms. The highest BCUT2D eigenvalue weighted by Gasteiger charge is 2.16. The number of carbonyl (C=O) groups excluding carboxylic acids is 2. The first-order valence-corrected chi connectivity index (χ1v) is 8.63. The number of anilines is 1. The van der Waals surface area contributed by atoms with Crippen LogP contribution in [-0.2, 0) is 16.1 Å². The van der Waals surface area contributed by atoms with Crippen LogP contribution in [0.2, 0.25) is 0 Å². The van der Waals surface area contributed by atoms with Gasteiger partial charge in [0.05, 0.1) is 13.1 Å². The Morgan fingerprint density at radius 3 is 2.30 bits per heavy atom. The van der Waals surface area contributed by atoms with E-state index in [0.717, 1.165) is 0 Å². The van der Waals surface area contributed by atoms with E-state index < -0.39 is 5.82 Å². The maximum atomic E-state index is 13.3. The van der Waals surface area contributed by atoms with Crippen molar-refractivity contribution in [2.24, 2.45) is 0 Å². The molecule has 0 saturated carbocycles. The number of amides is 2. The molecule has 0 aromatic heterocycles. The summed E-state index contributed by atoms with van der Waals surface area (Å²) in [5, 5.41) is 2.59. The van der Waals surface area contributed by atoms with E-state index in [-0.39, 0.29) is 30.7 Å². The summed E-state index contributed by atoms with van der Waals surface area (Å²) >= 11 is 0. The molecule has 2 amide bonds. The number of likely N-dealkylation sites (N-methyl/N-ethyl adjacent to an activating group) is 2. The van der Waals surface area contributed by atoms with Crippen molar-refractivity contribution in [2.45, 2.75) is 13.5 Å². The monoisotopic (exact) mass is 375 g/mol. The van der Waals surface area contributed by atoms with Crippen molar-refractivity contribution < 1.29 is 18.4 Å². The summed E-state index contributed by atoms with van der Waals surface area (Å²) in [5.41, 5.74) is 1.07. The quantitative estimate of drug-likeness (QED) is 0.772. The highest BCUT2D eigenvalue weighted by molar-refractivity contribution is 5.92. The van der Waals surface area contributed by atoms with Crippen molar-refractivity contribution in [1.82, 2.24) is 9.80 Å². The van der Waals surface area contributed by atoms with Gasteiger partial charge in [-0.15, -0.1) is 0 Å². The summed E-state index contributed by atoms with van der Waals surface area (Å²) in [7, 11) is 1.65. The third kappa shape index (κ3) is 6.79. The van der Waals surface area contributed by atoms with E-state index in [1.807, 2.05) is 6.92 Å². The van der Waals surface area contributed by atoms with E-state index in [1.165, 1.54) is 30.3 Å². The lowest BCUT2D eigenvalue weighted by Gasteiger charge is -2.24. The Morgan fingerprint density at radius 2 is 1.67 bits per heavy atom. The van der Waals surface area contributed by atoms with Gasteiger partial charge in [-0.3, -0.25) is 14.5 Å². The van der Waals surface area contributed by atoms with E-state index in [2.05, 4.69) is 5.32 Å². The van der Waals surface area contributed by atoms with E-state index >= 15 is 0 Å². The van der Waals surface area contributed by atoms with Gasteiger partial charge in [0.2, 0.25) is 11.8 Å². The third-order valence-corrected chi connectivity index (χ3v) is 3.92. The normalized spacial score (nSPS) is 10.7. The SMILES string of the molecule is CCN(Cc1cccc(F)c1)C(=O)CN(C)CC(=O)Nc1cccc(F)c1. The zero-order valence-corrected chi connectivity index (χ0v) is 15.4. The summed E-state index contributed by atoms with van der Waals surface area (Å²) in [5.74, 6) is -1.29. The van der Waals surface area contributed by atoms with Crippen molar-refractivity contribution in [1.29, 1.82) is 0 Å². The number of benzene rings is 2. The van der Waals surface area contributed by atoms with Gasteiger partial charge < -0.3 is 10.2 Å². The van der Waals surface area contributed by atoms with E-state index in [9.17, 15) is 18.4 Å². The lowest BCUT2D eigenvalue weighted by molar-refractivity contribution is -0.132. The molecule has 27 heavy (non-hydrogen) atoms. The lowest BCUT2D eigenvalue weighted by Crippen LogP contribution is -2.41. The van der Waals surface area contributed by atoms with Crippen LogP contribution in [0.15, 0.2) is 48.5 Å². The summed E-state index contributed by atoms with van der Waals surface area (Å²) in [6, 6.07) is 11.7. The van der Waals surface area contributed by atoms with Gasteiger partial charge in [-0.2, -0.15) is 0 Å². The van der Waals surface area contributed by atoms with Crippen molar-refractivity contribution in [3.63, 3.8) is 0 Å². The van der Waals surface area contributed by atoms with Crippen LogP contribution in [-0.4, -0.2) is 48.3 Å². The smallest absolute Gasteiger partial charge is 0.238 e. The molecule has 0 atom stereocenters. The van der Waals surface area contributed by atoms with Gasteiger partial charge in [0, 0.05) is 18.8 Å². The fourth-order valence-electron chi connectivity index (χ4n) is 2.63. The van der Waals surface area contributed by atoms with Crippen LogP contribution in [0.4, 0.5) is 14.5 Å². The number of halogens is 2. The summed E-state index contributed by atoms with van der Waals surface area (Å²) in [6.07, 6.45) is 0. The number of hydrogen-bond acceptors (Lipinski definition) is 3. The molecule has 2 rings (SSSR count). The maximum absolute atomic E-state index is 13.3. The van der Waals surface area contributed by atoms with Crippen LogP contribution in [0.3, 0.4) is 0 Å². The highest BCUT2D eigenvalue weighted by Crippen LogP contribution is 2.10. The molecule has 1 N–H and O–H groups in total. The van der Waals surface area contributed by atoms with Crippen molar-refractivity contribution in [3.8, 4) is 0 Å². The molecular weight excluding hydrogens is 352 g/mol. The topological polar surface area (TPSA) is 52.7 Å². The Morgan fingerprint density at radius 1 is 1.00 bits per heavy atom. The van der Waals surface area contributed by atoms with Crippen molar-refractivity contribution in [3.05, 3.63) is 65.7 Å². The Bertz CT molecular complexity index is 798. The second-order valence-corrected chi connectivity index (χ2v) is 6.27. The minimum Gasteiger partial charge on any atom is -0.338 e. The van der Waals surface area contributed by atoms with Crippen LogP contribution in [0.5, 0.6) is 0 Å². The molecule has 0 heterocycles. The summed E-state index contributed by atoms with van der Waals surface area (Å²) < 4.78 is 26.4. The second kappa shape index (κ2) is 9.78. The number of nitrogens with one attached hydrogen (secondary N) is 1. The largest absolute Gasteiger partial charge is 0.338 e. The molecule has 144 valence electrons. The molecule has 0 radical (unpaired) electrons. The van der Waals surface area contributed by atoms with Crippen LogP contribution in [0, 0.1) is 11.6 Å². The van der Waals surface area contributed by atoms with Gasteiger partial charge in [-0.1, -0.05) is 18.2 Å². The minimum atomic E-state index is -0.438. The average Bonchev–Trinajstić information content (AvgIpc) is 2.59. The zero-order valence-electron chi connectivity index (χ0n) is 15.4.